The highest BCUT2D eigenvalue weighted by Crippen LogP contribution is 2.39. The molecule has 0 unspecified atom stereocenters. The minimum absolute atomic E-state index is 0. The number of aryl methyl sites for hydroxylation is 1. The number of hydrogen-bond donors (Lipinski definition) is 2. The lowest BCUT2D eigenvalue weighted by molar-refractivity contribution is -0.126. The lowest BCUT2D eigenvalue weighted by Gasteiger charge is -2.39. The Labute approximate surface area is 158 Å². The van der Waals surface area contributed by atoms with Gasteiger partial charge in [-0.25, -0.2) is 0 Å². The maximum Gasteiger partial charge on any atom is 0.223 e. The van der Waals surface area contributed by atoms with E-state index in [4.69, 9.17) is 0 Å². The van der Waals surface area contributed by atoms with Crippen LogP contribution in [-0.2, 0) is 10.2 Å². The first-order chi connectivity index (χ1) is 11.6. The van der Waals surface area contributed by atoms with Gasteiger partial charge in [0.05, 0.1) is 0 Å². The number of rotatable bonds is 4. The summed E-state index contributed by atoms with van der Waals surface area (Å²) in [5, 5.41) is 6.77. The second-order valence-corrected chi connectivity index (χ2v) is 8.00. The fourth-order valence-electron chi connectivity index (χ4n) is 4.54. The molecule has 25 heavy (non-hydrogen) atoms. The van der Waals surface area contributed by atoms with E-state index in [0.29, 0.717) is 6.04 Å². The predicted molar refractivity (Wildman–Crippen MR) is 106 cm³/mol. The molecule has 0 radical (unpaired) electrons. The van der Waals surface area contributed by atoms with E-state index in [1.54, 1.807) is 0 Å². The number of carbonyl (C=O) groups is 1. The molecule has 1 amide bonds. The molecule has 1 aliphatic heterocycles. The van der Waals surface area contributed by atoms with Crippen molar-refractivity contribution in [3.8, 4) is 0 Å². The summed E-state index contributed by atoms with van der Waals surface area (Å²) >= 11 is 0. The van der Waals surface area contributed by atoms with Crippen LogP contribution in [0.1, 0.15) is 63.0 Å². The maximum absolute atomic E-state index is 12.7. The zero-order valence-electron chi connectivity index (χ0n) is 15.6. The Hall–Kier alpha value is -1.06. The van der Waals surface area contributed by atoms with Gasteiger partial charge >= 0.3 is 0 Å². The zero-order valence-corrected chi connectivity index (χ0v) is 16.5. The Balaban J connectivity index is 0.00000225. The van der Waals surface area contributed by atoms with Gasteiger partial charge in [0.2, 0.25) is 5.91 Å². The summed E-state index contributed by atoms with van der Waals surface area (Å²) in [4.78, 5) is 12.7. The Morgan fingerprint density at radius 2 is 2.04 bits per heavy atom. The van der Waals surface area contributed by atoms with E-state index in [2.05, 4.69) is 48.7 Å². The van der Waals surface area contributed by atoms with Crippen LogP contribution in [-0.4, -0.2) is 25.0 Å². The molecule has 3 rings (SSSR count). The molecule has 2 atom stereocenters. The van der Waals surface area contributed by atoms with E-state index >= 15 is 0 Å². The first kappa shape index (κ1) is 20.3. The number of amides is 1. The third kappa shape index (κ3) is 4.98. The fourth-order valence-corrected chi connectivity index (χ4v) is 4.54. The summed E-state index contributed by atoms with van der Waals surface area (Å²) in [7, 11) is 0. The molecule has 3 nitrogen and oxygen atoms in total. The van der Waals surface area contributed by atoms with E-state index in [9.17, 15) is 4.79 Å². The summed E-state index contributed by atoms with van der Waals surface area (Å²) in [6.45, 7) is 6.10. The molecule has 0 aromatic heterocycles. The zero-order chi connectivity index (χ0) is 17.0. The summed E-state index contributed by atoms with van der Waals surface area (Å²) in [5.41, 5.74) is 2.87. The summed E-state index contributed by atoms with van der Waals surface area (Å²) in [6.07, 6.45) is 8.19. The Kier molecular flexibility index (Phi) is 7.33. The second kappa shape index (κ2) is 9.05. The van der Waals surface area contributed by atoms with Crippen LogP contribution in [0.5, 0.6) is 0 Å². The number of halogens is 1. The molecule has 1 aromatic carbocycles. The van der Waals surface area contributed by atoms with Crippen molar-refractivity contribution in [2.75, 3.05) is 13.1 Å². The average molecular weight is 365 g/mol. The molecule has 1 saturated heterocycles. The van der Waals surface area contributed by atoms with Crippen molar-refractivity contribution in [1.29, 1.82) is 0 Å². The average Bonchev–Trinajstić information content (AvgIpc) is 2.60. The molecule has 2 N–H and O–H groups in total. The molecule has 1 heterocycles. The van der Waals surface area contributed by atoms with E-state index in [1.165, 1.54) is 43.2 Å². The molecule has 2 fully saturated rings. The molecule has 1 aliphatic carbocycles. The van der Waals surface area contributed by atoms with Crippen molar-refractivity contribution in [1.82, 2.24) is 10.6 Å². The monoisotopic (exact) mass is 364 g/mol. The number of carbonyl (C=O) groups excluding carboxylic acids is 1. The van der Waals surface area contributed by atoms with Gasteiger partial charge in [0.25, 0.3) is 0 Å². The summed E-state index contributed by atoms with van der Waals surface area (Å²) in [6, 6.07) is 9.36. The van der Waals surface area contributed by atoms with Crippen LogP contribution in [0.15, 0.2) is 24.3 Å². The van der Waals surface area contributed by atoms with E-state index < -0.39 is 0 Å². The highest BCUT2D eigenvalue weighted by molar-refractivity contribution is 5.85. The van der Waals surface area contributed by atoms with Crippen molar-refractivity contribution >= 4 is 18.3 Å². The van der Waals surface area contributed by atoms with Crippen molar-refractivity contribution in [2.24, 2.45) is 5.92 Å². The maximum atomic E-state index is 12.7. The summed E-state index contributed by atoms with van der Waals surface area (Å²) in [5.74, 6) is 0.445. The van der Waals surface area contributed by atoms with Crippen molar-refractivity contribution in [3.63, 3.8) is 0 Å². The smallest absolute Gasteiger partial charge is 0.223 e. The minimum Gasteiger partial charge on any atom is -0.355 e. The quantitative estimate of drug-likeness (QED) is 0.843. The van der Waals surface area contributed by atoms with Crippen LogP contribution >= 0.6 is 12.4 Å². The lowest BCUT2D eigenvalue weighted by Crippen LogP contribution is -2.47. The highest BCUT2D eigenvalue weighted by atomic mass is 35.5. The minimum atomic E-state index is 0. The normalized spacial score (nSPS) is 25.7. The number of hydrogen-bond acceptors (Lipinski definition) is 2. The fraction of sp³-hybridized carbons (Fsp3) is 0.667. The molecule has 0 spiro atoms. The van der Waals surface area contributed by atoms with E-state index in [0.717, 1.165) is 25.9 Å². The molecule has 0 bridgehead atoms. The van der Waals surface area contributed by atoms with Crippen LogP contribution in [0.25, 0.3) is 0 Å². The van der Waals surface area contributed by atoms with Gasteiger partial charge in [0.15, 0.2) is 0 Å². The Morgan fingerprint density at radius 1 is 1.28 bits per heavy atom. The Bertz CT molecular complexity index is 569. The molecule has 140 valence electrons. The van der Waals surface area contributed by atoms with Gasteiger partial charge in [-0.1, -0.05) is 49.1 Å². The molecule has 2 aliphatic rings. The van der Waals surface area contributed by atoms with Crippen LogP contribution in [0.4, 0.5) is 0 Å². The number of piperidine rings is 1. The van der Waals surface area contributed by atoms with Crippen LogP contribution < -0.4 is 10.6 Å². The van der Waals surface area contributed by atoms with Gasteiger partial charge in [-0.15, -0.1) is 12.4 Å². The Morgan fingerprint density at radius 3 is 2.72 bits per heavy atom. The van der Waals surface area contributed by atoms with Crippen LogP contribution in [0.2, 0.25) is 0 Å². The van der Waals surface area contributed by atoms with Gasteiger partial charge in [-0.05, 0) is 51.6 Å². The third-order valence-corrected chi connectivity index (χ3v) is 6.04. The standard InChI is InChI=1S/C21H32N2O.ClH/c1-16-7-6-8-19(13-16)21(10-4-3-5-11-21)15-23-20(24)18-9-12-22-17(2)14-18;/h6-8,13,17-18,22H,3-5,9-12,14-15H2,1-2H3,(H,23,24);1H/t17-,18-;/m0./s1. The number of benzene rings is 1. The summed E-state index contributed by atoms with van der Waals surface area (Å²) < 4.78 is 0. The highest BCUT2D eigenvalue weighted by Gasteiger charge is 2.35. The molecular weight excluding hydrogens is 332 g/mol. The largest absolute Gasteiger partial charge is 0.355 e. The topological polar surface area (TPSA) is 41.1 Å². The molecule has 1 saturated carbocycles. The van der Waals surface area contributed by atoms with Gasteiger partial charge in [0, 0.05) is 23.9 Å². The molecular formula is C21H33ClN2O. The lowest BCUT2D eigenvalue weighted by atomic mass is 9.69. The SMILES string of the molecule is Cc1cccc(C2(CNC(=O)[C@H]3CCN[C@@H](C)C3)CCCCC2)c1.Cl. The van der Waals surface area contributed by atoms with Gasteiger partial charge in [-0.2, -0.15) is 0 Å². The third-order valence-electron chi connectivity index (χ3n) is 6.04. The van der Waals surface area contributed by atoms with Crippen LogP contribution in [0.3, 0.4) is 0 Å². The number of nitrogens with one attached hydrogen (secondary N) is 2. The van der Waals surface area contributed by atoms with Crippen LogP contribution in [0, 0.1) is 12.8 Å². The van der Waals surface area contributed by atoms with E-state index in [-0.39, 0.29) is 29.6 Å². The first-order valence-electron chi connectivity index (χ1n) is 9.67. The van der Waals surface area contributed by atoms with Gasteiger partial charge < -0.3 is 10.6 Å². The van der Waals surface area contributed by atoms with Crippen molar-refractivity contribution in [2.45, 2.75) is 70.3 Å². The molecule has 1 aromatic rings. The van der Waals surface area contributed by atoms with E-state index in [1.807, 2.05) is 0 Å². The van der Waals surface area contributed by atoms with Gasteiger partial charge in [-0.3, -0.25) is 4.79 Å². The van der Waals surface area contributed by atoms with Gasteiger partial charge in [0.1, 0.15) is 0 Å². The second-order valence-electron chi connectivity index (χ2n) is 8.00. The molecule has 4 heteroatoms. The van der Waals surface area contributed by atoms with Crippen molar-refractivity contribution in [3.05, 3.63) is 35.4 Å². The first-order valence-corrected chi connectivity index (χ1v) is 9.67. The predicted octanol–water partition coefficient (Wildman–Crippen LogP) is 4.12. The van der Waals surface area contributed by atoms with Crippen molar-refractivity contribution < 1.29 is 4.79 Å².